The lowest BCUT2D eigenvalue weighted by Crippen LogP contribution is -2.03. The van der Waals surface area contributed by atoms with Crippen molar-refractivity contribution in [2.75, 3.05) is 23.9 Å². The highest BCUT2D eigenvalue weighted by Gasteiger charge is 1.94. The molecule has 0 saturated carbocycles. The van der Waals surface area contributed by atoms with Crippen molar-refractivity contribution >= 4 is 29.2 Å². The van der Waals surface area contributed by atoms with Crippen LogP contribution in [-0.2, 0) is 0 Å². The van der Waals surface area contributed by atoms with E-state index in [1.54, 1.807) is 11.8 Å². The minimum absolute atomic E-state index is 0.984. The fraction of sp³-hybridized carbons (Fsp3) is 0.200. The van der Waals surface area contributed by atoms with Crippen molar-refractivity contribution in [3.63, 3.8) is 0 Å². The number of hydrogen-bond acceptors (Lipinski definition) is 3. The van der Waals surface area contributed by atoms with Crippen LogP contribution in [0.15, 0.2) is 64.4 Å². The molecule has 0 amide bonds. The monoisotopic (exact) mass is 275 g/mol. The van der Waals surface area contributed by atoms with E-state index in [2.05, 4.69) is 66.2 Å². The third-order valence-corrected chi connectivity index (χ3v) is 4.29. The predicted octanol–water partition coefficient (Wildman–Crippen LogP) is 4.61. The highest BCUT2D eigenvalue weighted by Crippen LogP contribution is 2.19. The fourth-order valence-corrected chi connectivity index (χ4v) is 2.79. The summed E-state index contributed by atoms with van der Waals surface area (Å²) in [6.07, 6.45) is 2.10. The van der Waals surface area contributed by atoms with Gasteiger partial charge in [0.15, 0.2) is 0 Å². The summed E-state index contributed by atoms with van der Waals surface area (Å²) in [4.78, 5) is 2.64. The molecule has 0 radical (unpaired) electrons. The normalized spacial score (nSPS) is 10.3. The van der Waals surface area contributed by atoms with Crippen LogP contribution in [0.2, 0.25) is 0 Å². The van der Waals surface area contributed by atoms with Crippen molar-refractivity contribution in [2.24, 2.45) is 0 Å². The largest absolute Gasteiger partial charge is 0.384 e. The highest BCUT2D eigenvalue weighted by atomic mass is 32.2. The van der Waals surface area contributed by atoms with Crippen LogP contribution in [0.5, 0.6) is 0 Å². The molecular formula is C15H17NS2. The molecule has 0 aliphatic rings. The van der Waals surface area contributed by atoms with Crippen molar-refractivity contribution in [3.8, 4) is 0 Å². The molecule has 0 saturated heterocycles. The number of benzene rings is 2. The maximum absolute atomic E-state index is 3.44. The van der Waals surface area contributed by atoms with Gasteiger partial charge in [-0.05, 0) is 42.7 Å². The zero-order valence-corrected chi connectivity index (χ0v) is 12.1. The summed E-state index contributed by atoms with van der Waals surface area (Å²) in [5.41, 5.74) is 1.20. The Morgan fingerprint density at radius 1 is 0.889 bits per heavy atom. The zero-order chi connectivity index (χ0) is 12.6. The predicted molar refractivity (Wildman–Crippen MR) is 83.9 cm³/mol. The first-order valence-electron chi connectivity index (χ1n) is 5.94. The van der Waals surface area contributed by atoms with Gasteiger partial charge in [0, 0.05) is 27.8 Å². The van der Waals surface area contributed by atoms with Crippen LogP contribution in [0.1, 0.15) is 0 Å². The van der Waals surface area contributed by atoms with Crippen LogP contribution in [0.25, 0.3) is 0 Å². The summed E-state index contributed by atoms with van der Waals surface area (Å²) < 4.78 is 0. The van der Waals surface area contributed by atoms with Crippen molar-refractivity contribution < 1.29 is 0 Å². The van der Waals surface area contributed by atoms with E-state index in [0.717, 1.165) is 12.3 Å². The molecule has 0 unspecified atom stereocenters. The SMILES string of the molecule is CSc1ccc(NCCSc2ccccc2)cc1. The Labute approximate surface area is 117 Å². The lowest BCUT2D eigenvalue weighted by Gasteiger charge is -2.06. The van der Waals surface area contributed by atoms with Crippen LogP contribution < -0.4 is 5.32 Å². The minimum Gasteiger partial charge on any atom is -0.384 e. The third kappa shape index (κ3) is 4.31. The molecule has 18 heavy (non-hydrogen) atoms. The summed E-state index contributed by atoms with van der Waals surface area (Å²) in [6, 6.07) is 19.1. The minimum atomic E-state index is 0.984. The van der Waals surface area contributed by atoms with Crippen LogP contribution in [0, 0.1) is 0 Å². The van der Waals surface area contributed by atoms with Gasteiger partial charge in [0.25, 0.3) is 0 Å². The molecule has 0 bridgehead atoms. The molecule has 3 heteroatoms. The van der Waals surface area contributed by atoms with Crippen molar-refractivity contribution in [1.82, 2.24) is 0 Å². The first-order chi connectivity index (χ1) is 8.88. The van der Waals surface area contributed by atoms with Gasteiger partial charge < -0.3 is 5.32 Å². The van der Waals surface area contributed by atoms with Gasteiger partial charge in [-0.3, -0.25) is 0 Å². The standard InChI is InChI=1S/C15H17NS2/c1-17-14-9-7-13(8-10-14)16-11-12-18-15-5-3-2-4-6-15/h2-10,16H,11-12H2,1H3. The molecular weight excluding hydrogens is 258 g/mol. The molecule has 2 rings (SSSR count). The maximum Gasteiger partial charge on any atom is 0.0341 e. The molecule has 0 aliphatic heterocycles. The van der Waals surface area contributed by atoms with Gasteiger partial charge in [0.2, 0.25) is 0 Å². The van der Waals surface area contributed by atoms with Gasteiger partial charge in [0.1, 0.15) is 0 Å². The quantitative estimate of drug-likeness (QED) is 0.610. The van der Waals surface area contributed by atoms with Gasteiger partial charge >= 0.3 is 0 Å². The molecule has 0 atom stereocenters. The van der Waals surface area contributed by atoms with E-state index in [9.17, 15) is 0 Å². The van der Waals surface area contributed by atoms with Crippen LogP contribution >= 0.6 is 23.5 Å². The summed E-state index contributed by atoms with van der Waals surface area (Å²) in [5.74, 6) is 1.08. The van der Waals surface area contributed by atoms with E-state index in [1.807, 2.05) is 11.8 Å². The molecule has 94 valence electrons. The van der Waals surface area contributed by atoms with Crippen LogP contribution in [0.3, 0.4) is 0 Å². The summed E-state index contributed by atoms with van der Waals surface area (Å²) in [5, 5.41) is 3.44. The van der Waals surface area contributed by atoms with E-state index in [1.165, 1.54) is 15.5 Å². The number of anilines is 1. The Kier molecular flexibility index (Phi) is 5.49. The Morgan fingerprint density at radius 2 is 1.61 bits per heavy atom. The second kappa shape index (κ2) is 7.39. The summed E-state index contributed by atoms with van der Waals surface area (Å²) in [7, 11) is 0. The fourth-order valence-electron chi connectivity index (χ4n) is 1.59. The smallest absolute Gasteiger partial charge is 0.0341 e. The number of nitrogens with one attached hydrogen (secondary N) is 1. The molecule has 0 fully saturated rings. The van der Waals surface area contributed by atoms with Gasteiger partial charge in [-0.15, -0.1) is 23.5 Å². The molecule has 2 aromatic rings. The Morgan fingerprint density at radius 3 is 2.28 bits per heavy atom. The topological polar surface area (TPSA) is 12.0 Å². The first kappa shape index (κ1) is 13.4. The van der Waals surface area contributed by atoms with E-state index in [0.29, 0.717) is 0 Å². The number of thioether (sulfide) groups is 2. The molecule has 0 aromatic heterocycles. The van der Waals surface area contributed by atoms with Gasteiger partial charge in [-0.2, -0.15) is 0 Å². The van der Waals surface area contributed by atoms with Gasteiger partial charge in [0.05, 0.1) is 0 Å². The van der Waals surface area contributed by atoms with Crippen LogP contribution in [0.4, 0.5) is 5.69 Å². The van der Waals surface area contributed by atoms with E-state index in [-0.39, 0.29) is 0 Å². The number of hydrogen-bond donors (Lipinski definition) is 1. The van der Waals surface area contributed by atoms with E-state index < -0.39 is 0 Å². The zero-order valence-electron chi connectivity index (χ0n) is 10.4. The molecule has 0 spiro atoms. The Hall–Kier alpha value is -1.06. The molecule has 1 nitrogen and oxygen atoms in total. The van der Waals surface area contributed by atoms with E-state index in [4.69, 9.17) is 0 Å². The number of rotatable bonds is 6. The van der Waals surface area contributed by atoms with Gasteiger partial charge in [-0.25, -0.2) is 0 Å². The van der Waals surface area contributed by atoms with E-state index >= 15 is 0 Å². The first-order valence-corrected chi connectivity index (χ1v) is 8.15. The van der Waals surface area contributed by atoms with Crippen molar-refractivity contribution in [2.45, 2.75) is 9.79 Å². The van der Waals surface area contributed by atoms with Crippen molar-refractivity contribution in [1.29, 1.82) is 0 Å². The Balaban J connectivity index is 1.72. The molecule has 0 heterocycles. The maximum atomic E-state index is 3.44. The highest BCUT2D eigenvalue weighted by molar-refractivity contribution is 7.99. The van der Waals surface area contributed by atoms with Gasteiger partial charge in [-0.1, -0.05) is 18.2 Å². The van der Waals surface area contributed by atoms with Crippen LogP contribution in [-0.4, -0.2) is 18.6 Å². The Bertz CT molecular complexity index is 454. The third-order valence-electron chi connectivity index (χ3n) is 2.53. The average molecular weight is 275 g/mol. The average Bonchev–Trinajstić information content (AvgIpc) is 2.45. The molecule has 1 N–H and O–H groups in total. The molecule has 2 aromatic carbocycles. The lowest BCUT2D eigenvalue weighted by atomic mass is 10.3. The second-order valence-corrected chi connectivity index (χ2v) is 5.86. The second-order valence-electron chi connectivity index (χ2n) is 3.82. The van der Waals surface area contributed by atoms with Crippen molar-refractivity contribution in [3.05, 3.63) is 54.6 Å². The summed E-state index contributed by atoms with van der Waals surface area (Å²) >= 11 is 3.65. The molecule has 0 aliphatic carbocycles. The lowest BCUT2D eigenvalue weighted by molar-refractivity contribution is 1.22. The summed E-state index contributed by atoms with van der Waals surface area (Å²) in [6.45, 7) is 0.984.